The fraction of sp³-hybridized carbons (Fsp3) is 1.00. The van der Waals surface area contributed by atoms with Crippen molar-refractivity contribution in [1.82, 2.24) is 10.2 Å². The highest BCUT2D eigenvalue weighted by molar-refractivity contribution is 4.89. The largest absolute Gasteiger partial charge is 0.383 e. The zero-order chi connectivity index (χ0) is 13.5. The minimum Gasteiger partial charge on any atom is -0.383 e. The number of methoxy groups -OCH3 is 1. The van der Waals surface area contributed by atoms with Gasteiger partial charge in [-0.25, -0.2) is 0 Å². The van der Waals surface area contributed by atoms with Crippen LogP contribution < -0.4 is 5.32 Å². The molecular weight excluding hydrogens is 224 g/mol. The molecular formula is C15H32N2O. The van der Waals surface area contributed by atoms with Gasteiger partial charge in [-0.2, -0.15) is 0 Å². The lowest BCUT2D eigenvalue weighted by atomic mass is 10.1. The van der Waals surface area contributed by atoms with Gasteiger partial charge in [0.2, 0.25) is 0 Å². The number of hydrogen-bond donors (Lipinski definition) is 1. The Balaban J connectivity index is 2.47. The number of hydrogen-bond acceptors (Lipinski definition) is 3. The monoisotopic (exact) mass is 256 g/mol. The third-order valence-electron chi connectivity index (χ3n) is 3.57. The lowest BCUT2D eigenvalue weighted by Crippen LogP contribution is -2.48. The summed E-state index contributed by atoms with van der Waals surface area (Å²) in [5, 5.41) is 3.56. The van der Waals surface area contributed by atoms with Crippen molar-refractivity contribution in [2.24, 2.45) is 5.92 Å². The zero-order valence-electron chi connectivity index (χ0n) is 12.9. The van der Waals surface area contributed by atoms with Crippen LogP contribution >= 0.6 is 0 Å². The second-order valence-corrected chi connectivity index (χ2v) is 6.32. The van der Waals surface area contributed by atoms with E-state index in [2.05, 4.69) is 37.9 Å². The van der Waals surface area contributed by atoms with Crippen LogP contribution in [-0.2, 0) is 4.74 Å². The summed E-state index contributed by atoms with van der Waals surface area (Å²) < 4.78 is 5.42. The molecule has 3 nitrogen and oxygen atoms in total. The quantitative estimate of drug-likeness (QED) is 0.650. The van der Waals surface area contributed by atoms with Gasteiger partial charge in [-0.1, -0.05) is 27.7 Å². The van der Waals surface area contributed by atoms with Gasteiger partial charge in [0.1, 0.15) is 0 Å². The minimum atomic E-state index is 0.531. The maximum atomic E-state index is 5.42. The summed E-state index contributed by atoms with van der Waals surface area (Å²) in [5.74, 6) is 0.785. The van der Waals surface area contributed by atoms with Gasteiger partial charge in [-0.05, 0) is 31.7 Å². The molecule has 0 spiro atoms. The first-order chi connectivity index (χ1) is 8.54. The SMILES string of the molecule is COCC(CNC(C)C)N(CCC(C)C)C1CC1. The highest BCUT2D eigenvalue weighted by Crippen LogP contribution is 2.29. The predicted molar refractivity (Wildman–Crippen MR) is 78.0 cm³/mol. The molecule has 1 fully saturated rings. The molecule has 0 aromatic heterocycles. The summed E-state index contributed by atoms with van der Waals surface area (Å²) in [6.07, 6.45) is 4.04. The highest BCUT2D eigenvalue weighted by Gasteiger charge is 2.33. The molecule has 1 unspecified atom stereocenters. The van der Waals surface area contributed by atoms with E-state index in [4.69, 9.17) is 4.74 Å². The molecule has 0 aromatic carbocycles. The van der Waals surface area contributed by atoms with Crippen LogP contribution in [-0.4, -0.2) is 49.8 Å². The van der Waals surface area contributed by atoms with Gasteiger partial charge in [-0.15, -0.1) is 0 Å². The average Bonchev–Trinajstić information content (AvgIpc) is 3.09. The van der Waals surface area contributed by atoms with E-state index >= 15 is 0 Å². The van der Waals surface area contributed by atoms with Gasteiger partial charge < -0.3 is 10.1 Å². The fourth-order valence-corrected chi connectivity index (χ4v) is 2.31. The molecule has 0 bridgehead atoms. The molecule has 1 rings (SSSR count). The first-order valence-electron chi connectivity index (χ1n) is 7.52. The van der Waals surface area contributed by atoms with E-state index < -0.39 is 0 Å². The zero-order valence-corrected chi connectivity index (χ0v) is 12.9. The molecule has 1 saturated carbocycles. The molecule has 0 heterocycles. The van der Waals surface area contributed by atoms with Gasteiger partial charge in [0.25, 0.3) is 0 Å². The lowest BCUT2D eigenvalue weighted by Gasteiger charge is -2.32. The van der Waals surface area contributed by atoms with E-state index in [1.165, 1.54) is 25.8 Å². The maximum absolute atomic E-state index is 5.42. The van der Waals surface area contributed by atoms with Gasteiger partial charge in [0, 0.05) is 31.8 Å². The summed E-state index contributed by atoms with van der Waals surface area (Å²) in [6, 6.07) is 1.90. The normalized spacial score (nSPS) is 18.0. The van der Waals surface area contributed by atoms with Gasteiger partial charge in [0.15, 0.2) is 0 Å². The van der Waals surface area contributed by atoms with Crippen LogP contribution in [0, 0.1) is 5.92 Å². The summed E-state index contributed by atoms with van der Waals surface area (Å²) in [4.78, 5) is 2.68. The molecule has 1 atom stereocenters. The molecule has 1 N–H and O–H groups in total. The predicted octanol–water partition coefficient (Wildman–Crippen LogP) is 2.51. The maximum Gasteiger partial charge on any atom is 0.0630 e. The molecule has 3 heteroatoms. The molecule has 18 heavy (non-hydrogen) atoms. The molecule has 0 saturated heterocycles. The number of nitrogens with zero attached hydrogens (tertiary/aromatic N) is 1. The summed E-state index contributed by atoms with van der Waals surface area (Å²) in [6.45, 7) is 12.1. The smallest absolute Gasteiger partial charge is 0.0630 e. The van der Waals surface area contributed by atoms with E-state index in [9.17, 15) is 0 Å². The van der Waals surface area contributed by atoms with E-state index in [1.807, 2.05) is 7.11 Å². The minimum absolute atomic E-state index is 0.531. The van der Waals surface area contributed by atoms with Crippen LogP contribution in [0.2, 0.25) is 0 Å². The van der Waals surface area contributed by atoms with Crippen molar-refractivity contribution in [3.63, 3.8) is 0 Å². The van der Waals surface area contributed by atoms with Gasteiger partial charge in [0.05, 0.1) is 6.61 Å². The first-order valence-corrected chi connectivity index (χ1v) is 7.52. The Bertz CT molecular complexity index is 215. The van der Waals surface area contributed by atoms with Crippen LogP contribution in [0.4, 0.5) is 0 Å². The molecule has 0 radical (unpaired) electrons. The van der Waals surface area contributed by atoms with Crippen LogP contribution in [0.15, 0.2) is 0 Å². The lowest BCUT2D eigenvalue weighted by molar-refractivity contribution is 0.0795. The van der Waals surface area contributed by atoms with Crippen molar-refractivity contribution in [2.75, 3.05) is 26.8 Å². The van der Waals surface area contributed by atoms with E-state index in [0.29, 0.717) is 12.1 Å². The standard InChI is InChI=1S/C15H32N2O/c1-12(2)8-9-17(14-6-7-14)15(11-18-5)10-16-13(3)4/h12-16H,6-11H2,1-5H3. The average molecular weight is 256 g/mol. The Hall–Kier alpha value is -0.120. The summed E-state index contributed by atoms with van der Waals surface area (Å²) in [7, 11) is 1.82. The second kappa shape index (κ2) is 8.13. The Kier molecular flexibility index (Phi) is 7.20. The van der Waals surface area contributed by atoms with E-state index in [-0.39, 0.29) is 0 Å². The number of nitrogens with one attached hydrogen (secondary N) is 1. The number of rotatable bonds is 10. The van der Waals surface area contributed by atoms with Crippen molar-refractivity contribution in [3.05, 3.63) is 0 Å². The Morgan fingerprint density at radius 3 is 2.33 bits per heavy atom. The highest BCUT2D eigenvalue weighted by atomic mass is 16.5. The van der Waals surface area contributed by atoms with Crippen molar-refractivity contribution in [3.8, 4) is 0 Å². The first kappa shape index (κ1) is 15.9. The van der Waals surface area contributed by atoms with E-state index in [1.54, 1.807) is 0 Å². The summed E-state index contributed by atoms with van der Waals surface area (Å²) in [5.41, 5.74) is 0. The van der Waals surface area contributed by atoms with Crippen LogP contribution in [0.3, 0.4) is 0 Å². The van der Waals surface area contributed by atoms with Crippen LogP contribution in [0.5, 0.6) is 0 Å². The third-order valence-corrected chi connectivity index (χ3v) is 3.57. The third kappa shape index (κ3) is 6.17. The molecule has 108 valence electrons. The second-order valence-electron chi connectivity index (χ2n) is 6.32. The molecule has 0 amide bonds. The molecule has 0 aromatic rings. The molecule has 0 aliphatic heterocycles. The summed E-state index contributed by atoms with van der Waals surface area (Å²) >= 11 is 0. The molecule has 1 aliphatic rings. The van der Waals surface area contributed by atoms with Crippen LogP contribution in [0.1, 0.15) is 47.0 Å². The van der Waals surface area contributed by atoms with Crippen molar-refractivity contribution in [1.29, 1.82) is 0 Å². The van der Waals surface area contributed by atoms with Gasteiger partial charge in [-0.3, -0.25) is 4.90 Å². The molecule has 1 aliphatic carbocycles. The number of ether oxygens (including phenoxy) is 1. The Morgan fingerprint density at radius 1 is 1.22 bits per heavy atom. The van der Waals surface area contributed by atoms with Crippen molar-refractivity contribution < 1.29 is 4.74 Å². The van der Waals surface area contributed by atoms with Gasteiger partial charge >= 0.3 is 0 Å². The fourth-order valence-electron chi connectivity index (χ4n) is 2.31. The van der Waals surface area contributed by atoms with E-state index in [0.717, 1.165) is 25.1 Å². The Labute approximate surface area is 113 Å². The topological polar surface area (TPSA) is 24.5 Å². The van der Waals surface area contributed by atoms with Crippen LogP contribution in [0.25, 0.3) is 0 Å². The van der Waals surface area contributed by atoms with Crippen molar-refractivity contribution >= 4 is 0 Å². The Morgan fingerprint density at radius 2 is 1.89 bits per heavy atom. The van der Waals surface area contributed by atoms with Crippen molar-refractivity contribution in [2.45, 2.75) is 65.1 Å².